The molecule has 2 N–H and O–H groups in total. The average molecular weight is 222 g/mol. The highest BCUT2D eigenvalue weighted by Crippen LogP contribution is 1.82. The highest BCUT2D eigenvalue weighted by molar-refractivity contribution is 4.34. The molecular formula is C8H18N2O5. The first kappa shape index (κ1) is 12.8. The summed E-state index contributed by atoms with van der Waals surface area (Å²) < 4.78 is 15.7. The van der Waals surface area contributed by atoms with E-state index in [4.69, 9.17) is 23.9 Å². The predicted molar refractivity (Wildman–Crippen MR) is 50.6 cm³/mol. The maximum Gasteiger partial charge on any atom is 0.0933 e. The lowest BCUT2D eigenvalue weighted by molar-refractivity contribution is -0.124. The van der Waals surface area contributed by atoms with Crippen molar-refractivity contribution in [1.29, 1.82) is 0 Å². The van der Waals surface area contributed by atoms with E-state index in [2.05, 4.69) is 11.2 Å². The van der Waals surface area contributed by atoms with Crippen molar-refractivity contribution >= 4 is 0 Å². The van der Waals surface area contributed by atoms with Crippen LogP contribution in [0.3, 0.4) is 0 Å². The molecule has 90 valence electrons. The zero-order valence-electron chi connectivity index (χ0n) is 8.70. The molecule has 0 atom stereocenters. The first-order valence-corrected chi connectivity index (χ1v) is 4.97. The van der Waals surface area contributed by atoms with Crippen LogP contribution < -0.4 is 11.2 Å². The Morgan fingerprint density at radius 1 is 0.467 bits per heavy atom. The van der Waals surface area contributed by atoms with Gasteiger partial charge in [0.2, 0.25) is 0 Å². The molecule has 0 aromatic rings. The van der Waals surface area contributed by atoms with Gasteiger partial charge in [-0.1, -0.05) is 0 Å². The summed E-state index contributed by atoms with van der Waals surface area (Å²) in [6.07, 6.45) is 0. The second-order valence-corrected chi connectivity index (χ2v) is 2.74. The zero-order valence-corrected chi connectivity index (χ0v) is 8.70. The molecule has 0 aromatic heterocycles. The standard InChI is InChI=1S/C8H18N2O5/c1-3-12-5-7-14-9-10-15-8-6-13-4-2-11-1/h9-10H,1-8H2. The van der Waals surface area contributed by atoms with Crippen molar-refractivity contribution in [2.75, 3.05) is 52.9 Å². The van der Waals surface area contributed by atoms with Gasteiger partial charge >= 0.3 is 0 Å². The molecule has 1 rings (SSSR count). The first-order valence-electron chi connectivity index (χ1n) is 4.97. The zero-order chi connectivity index (χ0) is 10.6. The Hall–Kier alpha value is -0.280. The summed E-state index contributed by atoms with van der Waals surface area (Å²) in [6.45, 7) is 4.17. The van der Waals surface area contributed by atoms with Crippen LogP contribution in [0.1, 0.15) is 0 Å². The molecule has 1 aliphatic rings. The van der Waals surface area contributed by atoms with Crippen molar-refractivity contribution in [1.82, 2.24) is 11.2 Å². The van der Waals surface area contributed by atoms with Crippen molar-refractivity contribution in [3.8, 4) is 0 Å². The number of ether oxygens (including phenoxy) is 3. The smallest absolute Gasteiger partial charge is 0.0933 e. The third-order valence-corrected chi connectivity index (χ3v) is 1.59. The Bertz CT molecular complexity index is 79.6. The van der Waals surface area contributed by atoms with Gasteiger partial charge in [-0.2, -0.15) is 0 Å². The van der Waals surface area contributed by atoms with Crippen LogP contribution in [0, 0.1) is 0 Å². The highest BCUT2D eigenvalue weighted by Gasteiger charge is 1.94. The Morgan fingerprint density at radius 2 is 0.800 bits per heavy atom. The molecule has 7 heteroatoms. The number of hydrogen-bond donors (Lipinski definition) is 2. The second-order valence-electron chi connectivity index (χ2n) is 2.74. The van der Waals surface area contributed by atoms with Crippen LogP contribution >= 0.6 is 0 Å². The fraction of sp³-hybridized carbons (Fsp3) is 1.00. The molecule has 0 spiro atoms. The fourth-order valence-corrected chi connectivity index (χ4v) is 0.904. The van der Waals surface area contributed by atoms with E-state index in [9.17, 15) is 0 Å². The first-order chi connectivity index (χ1) is 7.50. The van der Waals surface area contributed by atoms with E-state index < -0.39 is 0 Å². The topological polar surface area (TPSA) is 70.2 Å². The maximum atomic E-state index is 5.25. The number of rotatable bonds is 0. The summed E-state index contributed by atoms with van der Waals surface area (Å²) in [5, 5.41) is 0. The summed E-state index contributed by atoms with van der Waals surface area (Å²) in [6, 6.07) is 0. The van der Waals surface area contributed by atoms with Gasteiger partial charge in [-0.25, -0.2) is 0 Å². The largest absolute Gasteiger partial charge is 0.377 e. The minimum Gasteiger partial charge on any atom is -0.377 e. The van der Waals surface area contributed by atoms with Gasteiger partial charge in [0.25, 0.3) is 0 Å². The van der Waals surface area contributed by atoms with Crippen LogP contribution in [0.2, 0.25) is 0 Å². The van der Waals surface area contributed by atoms with E-state index in [-0.39, 0.29) is 0 Å². The third-order valence-electron chi connectivity index (χ3n) is 1.59. The third kappa shape index (κ3) is 8.70. The predicted octanol–water partition coefficient (Wildman–Crippen LogP) is -0.993. The molecule has 7 nitrogen and oxygen atoms in total. The second kappa shape index (κ2) is 10.2. The Kier molecular flexibility index (Phi) is 8.73. The van der Waals surface area contributed by atoms with Gasteiger partial charge in [0.05, 0.1) is 52.9 Å². The molecule has 1 saturated heterocycles. The Labute approximate surface area is 88.8 Å². The van der Waals surface area contributed by atoms with Gasteiger partial charge in [0.15, 0.2) is 0 Å². The van der Waals surface area contributed by atoms with Gasteiger partial charge in [-0.05, 0) is 0 Å². The summed E-state index contributed by atoms with van der Waals surface area (Å²) in [4.78, 5) is 9.83. The lowest BCUT2D eigenvalue weighted by atomic mass is 10.7. The van der Waals surface area contributed by atoms with E-state index in [0.29, 0.717) is 52.9 Å². The molecule has 15 heavy (non-hydrogen) atoms. The molecule has 0 aromatic carbocycles. The summed E-state index contributed by atoms with van der Waals surface area (Å²) in [5.74, 6) is 0. The van der Waals surface area contributed by atoms with Crippen LogP contribution in [-0.4, -0.2) is 52.9 Å². The monoisotopic (exact) mass is 222 g/mol. The van der Waals surface area contributed by atoms with Crippen LogP contribution in [0.25, 0.3) is 0 Å². The quantitative estimate of drug-likeness (QED) is 0.545. The van der Waals surface area contributed by atoms with Crippen molar-refractivity contribution in [2.45, 2.75) is 0 Å². The SMILES string of the molecule is C1COCCONNOCCOCCO1. The molecule has 0 saturated carbocycles. The lowest BCUT2D eigenvalue weighted by Gasteiger charge is -2.07. The fourth-order valence-electron chi connectivity index (χ4n) is 0.904. The lowest BCUT2D eigenvalue weighted by Crippen LogP contribution is -2.34. The van der Waals surface area contributed by atoms with E-state index in [1.165, 1.54) is 0 Å². The van der Waals surface area contributed by atoms with Crippen LogP contribution in [0.15, 0.2) is 0 Å². The van der Waals surface area contributed by atoms with Gasteiger partial charge < -0.3 is 14.2 Å². The van der Waals surface area contributed by atoms with E-state index in [0.717, 1.165) is 0 Å². The van der Waals surface area contributed by atoms with E-state index in [1.807, 2.05) is 0 Å². The normalized spacial score (nSPS) is 24.0. The molecule has 1 heterocycles. The Morgan fingerprint density at radius 3 is 1.20 bits per heavy atom. The molecule has 1 fully saturated rings. The van der Waals surface area contributed by atoms with Crippen LogP contribution in [-0.2, 0) is 23.9 Å². The molecule has 1 aliphatic heterocycles. The summed E-state index contributed by atoms with van der Waals surface area (Å²) in [5.41, 5.74) is 4.83. The molecule has 0 radical (unpaired) electrons. The molecule has 0 bridgehead atoms. The van der Waals surface area contributed by atoms with Gasteiger partial charge in [0.1, 0.15) is 0 Å². The van der Waals surface area contributed by atoms with Crippen LogP contribution in [0.5, 0.6) is 0 Å². The molecule has 0 aliphatic carbocycles. The van der Waals surface area contributed by atoms with Crippen molar-refractivity contribution in [3.05, 3.63) is 0 Å². The summed E-state index contributed by atoms with van der Waals surface area (Å²) in [7, 11) is 0. The number of nitrogens with one attached hydrogen (secondary N) is 2. The summed E-state index contributed by atoms with van der Waals surface area (Å²) >= 11 is 0. The Balaban J connectivity index is 2.01. The van der Waals surface area contributed by atoms with E-state index >= 15 is 0 Å². The van der Waals surface area contributed by atoms with Crippen molar-refractivity contribution in [3.63, 3.8) is 0 Å². The van der Waals surface area contributed by atoms with Gasteiger partial charge in [0, 0.05) is 0 Å². The maximum absolute atomic E-state index is 5.25. The molecule has 0 amide bonds. The van der Waals surface area contributed by atoms with Gasteiger partial charge in [-0.3, -0.25) is 9.68 Å². The van der Waals surface area contributed by atoms with Gasteiger partial charge in [-0.15, -0.1) is 11.2 Å². The molecule has 0 unspecified atom stereocenters. The average Bonchev–Trinajstić information content (AvgIpc) is 2.27. The van der Waals surface area contributed by atoms with Crippen LogP contribution in [0.4, 0.5) is 0 Å². The highest BCUT2D eigenvalue weighted by atomic mass is 16.8. The molecular weight excluding hydrogens is 204 g/mol. The van der Waals surface area contributed by atoms with E-state index in [1.54, 1.807) is 0 Å². The minimum atomic E-state index is 0.437. The number of hydrogen-bond acceptors (Lipinski definition) is 7. The van der Waals surface area contributed by atoms with Crippen molar-refractivity contribution < 1.29 is 23.9 Å². The number of hydrazine groups is 1. The van der Waals surface area contributed by atoms with Crippen molar-refractivity contribution in [2.24, 2.45) is 0 Å². The minimum absolute atomic E-state index is 0.437.